The number of ether oxygens (including phenoxy) is 1. The molecule has 0 saturated carbocycles. The highest BCUT2D eigenvalue weighted by molar-refractivity contribution is 5.75. The summed E-state index contributed by atoms with van der Waals surface area (Å²) >= 11 is 0. The first-order valence-electron chi connectivity index (χ1n) is 6.85. The molecule has 4 unspecified atom stereocenters. The highest BCUT2D eigenvalue weighted by Crippen LogP contribution is 2.07. The van der Waals surface area contributed by atoms with Gasteiger partial charge in [0, 0.05) is 0 Å². The highest BCUT2D eigenvalue weighted by Gasteiger charge is 2.35. The van der Waals surface area contributed by atoms with Crippen LogP contribution in [0.1, 0.15) is 12.0 Å². The van der Waals surface area contributed by atoms with E-state index in [4.69, 9.17) is 9.84 Å². The number of esters is 1. The number of hydrogen-bond acceptors (Lipinski definition) is 7. The molecule has 1 aromatic rings. The Labute approximate surface area is 127 Å². The van der Waals surface area contributed by atoms with Gasteiger partial charge >= 0.3 is 5.97 Å². The molecule has 122 valence electrons. The molecule has 0 aliphatic heterocycles. The smallest absolute Gasteiger partial charge is 0.337 e. The number of aliphatic hydroxyl groups is 4. The quantitative estimate of drug-likeness (QED) is 0.256. The molecule has 0 bridgehead atoms. The van der Waals surface area contributed by atoms with Gasteiger partial charge in [0.05, 0.1) is 6.61 Å². The Morgan fingerprint density at radius 3 is 2.32 bits per heavy atom. The highest BCUT2D eigenvalue weighted by atomic mass is 16.5. The summed E-state index contributed by atoms with van der Waals surface area (Å²) < 4.78 is 4.78. The van der Waals surface area contributed by atoms with Gasteiger partial charge in [-0.05, 0) is 18.4 Å². The van der Waals surface area contributed by atoms with Crippen molar-refractivity contribution in [3.05, 3.63) is 35.9 Å². The summed E-state index contributed by atoms with van der Waals surface area (Å²) in [4.78, 5) is 21.8. The van der Waals surface area contributed by atoms with Crippen LogP contribution in [0.15, 0.2) is 30.3 Å². The minimum atomic E-state index is -2.04. The lowest BCUT2D eigenvalue weighted by Crippen LogP contribution is -2.48. The second kappa shape index (κ2) is 9.26. The third kappa shape index (κ3) is 5.53. The third-order valence-corrected chi connectivity index (χ3v) is 3.10. The van der Waals surface area contributed by atoms with Crippen molar-refractivity contribution in [1.29, 1.82) is 0 Å². The van der Waals surface area contributed by atoms with Gasteiger partial charge in [0.25, 0.3) is 0 Å². The minimum Gasteiger partial charge on any atom is -0.464 e. The molecule has 0 aromatic heterocycles. The van der Waals surface area contributed by atoms with E-state index < -0.39 is 30.4 Å². The van der Waals surface area contributed by atoms with Crippen LogP contribution >= 0.6 is 0 Å². The second-order valence-corrected chi connectivity index (χ2v) is 4.81. The molecule has 0 radical (unpaired) electrons. The van der Waals surface area contributed by atoms with E-state index in [2.05, 4.69) is 0 Å². The van der Waals surface area contributed by atoms with E-state index in [1.807, 2.05) is 30.3 Å². The monoisotopic (exact) mass is 312 g/mol. The number of aliphatic hydroxyl groups excluding tert-OH is 4. The predicted molar refractivity (Wildman–Crippen MR) is 75.8 cm³/mol. The molecule has 0 aliphatic rings. The number of carbonyl (C=O) groups excluding carboxylic acids is 2. The predicted octanol–water partition coefficient (Wildman–Crippen LogP) is -1.20. The Morgan fingerprint density at radius 2 is 1.73 bits per heavy atom. The van der Waals surface area contributed by atoms with Gasteiger partial charge in [0.1, 0.15) is 18.3 Å². The average Bonchev–Trinajstić information content (AvgIpc) is 2.56. The van der Waals surface area contributed by atoms with Crippen molar-refractivity contribution in [3.8, 4) is 0 Å². The van der Waals surface area contributed by atoms with Crippen LogP contribution in [0.2, 0.25) is 0 Å². The van der Waals surface area contributed by atoms with Gasteiger partial charge in [0.2, 0.25) is 0 Å². The van der Waals surface area contributed by atoms with Crippen LogP contribution in [0.5, 0.6) is 0 Å². The fourth-order valence-electron chi connectivity index (χ4n) is 1.79. The average molecular weight is 312 g/mol. The molecule has 0 heterocycles. The molecule has 1 aromatic carbocycles. The molecular weight excluding hydrogens is 292 g/mol. The van der Waals surface area contributed by atoms with Gasteiger partial charge in [-0.3, -0.25) is 0 Å². The van der Waals surface area contributed by atoms with Crippen LogP contribution in [-0.2, 0) is 20.7 Å². The molecule has 0 saturated heterocycles. The molecule has 7 nitrogen and oxygen atoms in total. The van der Waals surface area contributed by atoms with Crippen molar-refractivity contribution < 1.29 is 34.8 Å². The number of carbonyl (C=O) groups is 2. The Morgan fingerprint density at radius 1 is 1.09 bits per heavy atom. The lowest BCUT2D eigenvalue weighted by atomic mass is 10.0. The fraction of sp³-hybridized carbons (Fsp3) is 0.467. The van der Waals surface area contributed by atoms with Gasteiger partial charge in [-0.1, -0.05) is 30.3 Å². The first-order chi connectivity index (χ1) is 10.5. The molecule has 22 heavy (non-hydrogen) atoms. The van der Waals surface area contributed by atoms with Crippen molar-refractivity contribution in [1.82, 2.24) is 0 Å². The number of rotatable bonds is 9. The number of aryl methyl sites for hydroxylation is 1. The molecule has 4 N–H and O–H groups in total. The number of aldehydes is 1. The van der Waals surface area contributed by atoms with E-state index in [0.717, 1.165) is 5.56 Å². The topological polar surface area (TPSA) is 124 Å². The van der Waals surface area contributed by atoms with Gasteiger partial charge in [-0.25, -0.2) is 4.79 Å². The SMILES string of the molecule is O=CC(O)C(O)C(O)C(O)C(=O)OCCCc1ccccc1. The number of benzene rings is 1. The Hall–Kier alpha value is -1.80. The third-order valence-electron chi connectivity index (χ3n) is 3.10. The van der Waals surface area contributed by atoms with Crippen LogP contribution in [-0.4, -0.2) is 63.7 Å². The van der Waals surface area contributed by atoms with E-state index in [9.17, 15) is 24.9 Å². The van der Waals surface area contributed by atoms with E-state index >= 15 is 0 Å². The zero-order chi connectivity index (χ0) is 16.5. The summed E-state index contributed by atoms with van der Waals surface area (Å²) in [5, 5.41) is 37.3. The Kier molecular flexibility index (Phi) is 7.69. The van der Waals surface area contributed by atoms with E-state index in [1.165, 1.54) is 0 Å². The van der Waals surface area contributed by atoms with E-state index in [1.54, 1.807) is 0 Å². The molecule has 7 heteroatoms. The summed E-state index contributed by atoms with van der Waals surface area (Å²) in [6.45, 7) is 0.0316. The van der Waals surface area contributed by atoms with Gasteiger partial charge in [-0.2, -0.15) is 0 Å². The molecule has 0 amide bonds. The maximum absolute atomic E-state index is 11.5. The van der Waals surface area contributed by atoms with E-state index in [0.29, 0.717) is 12.8 Å². The molecule has 0 spiro atoms. The summed E-state index contributed by atoms with van der Waals surface area (Å²) in [5.74, 6) is -1.13. The van der Waals surface area contributed by atoms with Crippen LogP contribution in [0.3, 0.4) is 0 Å². The standard InChI is InChI=1S/C15H20O7/c16-9-11(17)12(18)13(19)14(20)15(21)22-8-4-7-10-5-2-1-3-6-10/h1-3,5-6,9,11-14,17-20H,4,7-8H2. The minimum absolute atomic E-state index is 0.00814. The first-order valence-corrected chi connectivity index (χ1v) is 6.85. The lowest BCUT2D eigenvalue weighted by Gasteiger charge is -2.22. The largest absolute Gasteiger partial charge is 0.464 e. The Bertz CT molecular complexity index is 462. The van der Waals surface area contributed by atoms with Crippen molar-refractivity contribution in [3.63, 3.8) is 0 Å². The molecule has 0 aliphatic carbocycles. The van der Waals surface area contributed by atoms with Crippen LogP contribution < -0.4 is 0 Å². The van der Waals surface area contributed by atoms with Gasteiger partial charge in [-0.15, -0.1) is 0 Å². The van der Waals surface area contributed by atoms with Crippen molar-refractivity contribution in [2.45, 2.75) is 37.3 Å². The normalized spacial score (nSPS) is 16.4. The van der Waals surface area contributed by atoms with Crippen LogP contribution in [0.25, 0.3) is 0 Å². The maximum atomic E-state index is 11.5. The zero-order valence-corrected chi connectivity index (χ0v) is 11.9. The zero-order valence-electron chi connectivity index (χ0n) is 11.9. The number of hydrogen-bond donors (Lipinski definition) is 4. The van der Waals surface area contributed by atoms with Gasteiger partial charge in [0.15, 0.2) is 12.4 Å². The van der Waals surface area contributed by atoms with Gasteiger partial charge < -0.3 is 30.0 Å². The first kappa shape index (κ1) is 18.2. The van der Waals surface area contributed by atoms with Crippen molar-refractivity contribution in [2.24, 2.45) is 0 Å². The van der Waals surface area contributed by atoms with Crippen molar-refractivity contribution in [2.75, 3.05) is 6.61 Å². The van der Waals surface area contributed by atoms with Crippen LogP contribution in [0.4, 0.5) is 0 Å². The van der Waals surface area contributed by atoms with E-state index in [-0.39, 0.29) is 12.9 Å². The maximum Gasteiger partial charge on any atom is 0.337 e. The summed E-state index contributed by atoms with van der Waals surface area (Å²) in [6, 6.07) is 9.53. The Balaban J connectivity index is 2.33. The summed E-state index contributed by atoms with van der Waals surface area (Å²) in [5.41, 5.74) is 1.07. The van der Waals surface area contributed by atoms with Crippen molar-refractivity contribution >= 4 is 12.3 Å². The molecule has 4 atom stereocenters. The fourth-order valence-corrected chi connectivity index (χ4v) is 1.79. The summed E-state index contributed by atoms with van der Waals surface area (Å²) in [6.07, 6.45) is -6.72. The molecular formula is C15H20O7. The molecule has 1 rings (SSSR count). The summed E-state index contributed by atoms with van der Waals surface area (Å²) in [7, 11) is 0. The molecule has 0 fully saturated rings. The second-order valence-electron chi connectivity index (χ2n) is 4.81. The van der Waals surface area contributed by atoms with Crippen LogP contribution in [0, 0.1) is 0 Å². The lowest BCUT2D eigenvalue weighted by molar-refractivity contribution is -0.169.